The Balaban J connectivity index is 2.51. The average Bonchev–Trinajstić information content (AvgIpc) is 2.35. The highest BCUT2D eigenvalue weighted by Gasteiger charge is 2.04. The topological polar surface area (TPSA) is 61.8 Å². The molecule has 0 atom stereocenters. The molecular formula is C13H21N3O. The van der Waals surface area contributed by atoms with E-state index in [1.54, 1.807) is 0 Å². The maximum atomic E-state index is 8.45. The van der Waals surface area contributed by atoms with Crippen molar-refractivity contribution >= 4 is 11.5 Å². The summed E-state index contributed by atoms with van der Waals surface area (Å²) in [6, 6.07) is 8.48. The van der Waals surface area contributed by atoms with Gasteiger partial charge in [-0.05, 0) is 32.4 Å². The zero-order chi connectivity index (χ0) is 12.7. The molecule has 0 aliphatic rings. The summed E-state index contributed by atoms with van der Waals surface area (Å²) in [5.74, 6) is 0.296. The normalized spacial score (nSPS) is 11.5. The molecule has 94 valence electrons. The predicted molar refractivity (Wildman–Crippen MR) is 71.7 cm³/mol. The molecule has 4 nitrogen and oxygen atoms in total. The summed E-state index contributed by atoms with van der Waals surface area (Å²) in [6.07, 6.45) is 1.51. The SMILES string of the molecule is CCN(CCCC(N)=NO)c1ccc(C)cc1. The highest BCUT2D eigenvalue weighted by molar-refractivity contribution is 5.79. The summed E-state index contributed by atoms with van der Waals surface area (Å²) >= 11 is 0. The van der Waals surface area contributed by atoms with Gasteiger partial charge in [-0.1, -0.05) is 22.9 Å². The van der Waals surface area contributed by atoms with Gasteiger partial charge in [0.2, 0.25) is 0 Å². The number of oxime groups is 1. The maximum Gasteiger partial charge on any atom is 0.139 e. The van der Waals surface area contributed by atoms with Crippen molar-refractivity contribution in [1.29, 1.82) is 0 Å². The largest absolute Gasteiger partial charge is 0.409 e. The second-order valence-electron chi connectivity index (χ2n) is 4.11. The van der Waals surface area contributed by atoms with Gasteiger partial charge in [-0.15, -0.1) is 0 Å². The Bertz CT molecular complexity index is 359. The molecule has 0 aliphatic carbocycles. The molecule has 0 radical (unpaired) electrons. The Hall–Kier alpha value is -1.71. The van der Waals surface area contributed by atoms with Crippen LogP contribution < -0.4 is 10.6 Å². The lowest BCUT2D eigenvalue weighted by molar-refractivity contribution is 0.316. The number of anilines is 1. The molecule has 0 saturated heterocycles. The number of amidine groups is 1. The van der Waals surface area contributed by atoms with E-state index in [9.17, 15) is 0 Å². The number of benzene rings is 1. The van der Waals surface area contributed by atoms with Crippen LogP contribution in [0.2, 0.25) is 0 Å². The van der Waals surface area contributed by atoms with Crippen LogP contribution in [0.1, 0.15) is 25.3 Å². The molecule has 3 N–H and O–H groups in total. The van der Waals surface area contributed by atoms with Crippen LogP contribution in [-0.2, 0) is 0 Å². The van der Waals surface area contributed by atoms with Crippen molar-refractivity contribution in [3.8, 4) is 0 Å². The maximum absolute atomic E-state index is 8.45. The fourth-order valence-corrected chi connectivity index (χ4v) is 1.73. The van der Waals surface area contributed by atoms with Crippen LogP contribution in [0.4, 0.5) is 5.69 Å². The van der Waals surface area contributed by atoms with Crippen molar-refractivity contribution < 1.29 is 5.21 Å². The monoisotopic (exact) mass is 235 g/mol. The highest BCUT2D eigenvalue weighted by atomic mass is 16.4. The second kappa shape index (κ2) is 6.78. The number of hydrogen-bond acceptors (Lipinski definition) is 3. The molecule has 0 aromatic heterocycles. The number of hydrogen-bond donors (Lipinski definition) is 2. The molecule has 1 rings (SSSR count). The minimum atomic E-state index is 0.296. The van der Waals surface area contributed by atoms with Gasteiger partial charge in [0.15, 0.2) is 0 Å². The number of rotatable bonds is 6. The number of aryl methyl sites for hydroxylation is 1. The Morgan fingerprint density at radius 3 is 2.53 bits per heavy atom. The van der Waals surface area contributed by atoms with E-state index >= 15 is 0 Å². The van der Waals surface area contributed by atoms with Crippen molar-refractivity contribution in [2.24, 2.45) is 10.9 Å². The van der Waals surface area contributed by atoms with E-state index < -0.39 is 0 Å². The number of nitrogens with two attached hydrogens (primary N) is 1. The molecule has 17 heavy (non-hydrogen) atoms. The molecule has 0 unspecified atom stereocenters. The Morgan fingerprint density at radius 2 is 2.00 bits per heavy atom. The fourth-order valence-electron chi connectivity index (χ4n) is 1.73. The van der Waals surface area contributed by atoms with E-state index in [1.807, 2.05) is 0 Å². The molecule has 0 aliphatic heterocycles. The Labute approximate surface area is 103 Å². The van der Waals surface area contributed by atoms with Crippen LogP contribution in [0, 0.1) is 6.92 Å². The van der Waals surface area contributed by atoms with Crippen LogP contribution in [0.15, 0.2) is 29.4 Å². The fraction of sp³-hybridized carbons (Fsp3) is 0.462. The zero-order valence-electron chi connectivity index (χ0n) is 10.6. The third-order valence-electron chi connectivity index (χ3n) is 2.77. The molecule has 0 saturated carbocycles. The van der Waals surface area contributed by atoms with Crippen molar-refractivity contribution in [1.82, 2.24) is 0 Å². The molecule has 0 bridgehead atoms. The first-order valence-electron chi connectivity index (χ1n) is 5.95. The van der Waals surface area contributed by atoms with Gasteiger partial charge in [0.05, 0.1) is 0 Å². The summed E-state index contributed by atoms with van der Waals surface area (Å²) in [4.78, 5) is 2.28. The van der Waals surface area contributed by atoms with Crippen molar-refractivity contribution in [2.45, 2.75) is 26.7 Å². The summed E-state index contributed by atoms with van der Waals surface area (Å²) < 4.78 is 0. The predicted octanol–water partition coefficient (Wildman–Crippen LogP) is 2.35. The minimum Gasteiger partial charge on any atom is -0.409 e. The summed E-state index contributed by atoms with van der Waals surface area (Å²) in [6.45, 7) is 6.08. The lowest BCUT2D eigenvalue weighted by Gasteiger charge is -2.23. The van der Waals surface area contributed by atoms with Crippen LogP contribution in [-0.4, -0.2) is 24.1 Å². The van der Waals surface area contributed by atoms with E-state index in [1.165, 1.54) is 11.3 Å². The van der Waals surface area contributed by atoms with Crippen molar-refractivity contribution in [3.63, 3.8) is 0 Å². The first-order valence-corrected chi connectivity index (χ1v) is 5.95. The molecule has 0 spiro atoms. The van der Waals surface area contributed by atoms with E-state index in [4.69, 9.17) is 10.9 Å². The van der Waals surface area contributed by atoms with Crippen molar-refractivity contribution in [3.05, 3.63) is 29.8 Å². The van der Waals surface area contributed by atoms with E-state index in [0.717, 1.165) is 19.5 Å². The Kier molecular flexibility index (Phi) is 5.33. The van der Waals surface area contributed by atoms with Gasteiger partial charge in [-0.2, -0.15) is 0 Å². The Morgan fingerprint density at radius 1 is 1.35 bits per heavy atom. The van der Waals surface area contributed by atoms with E-state index in [2.05, 4.69) is 48.2 Å². The van der Waals surface area contributed by atoms with Crippen LogP contribution in [0.3, 0.4) is 0 Å². The lowest BCUT2D eigenvalue weighted by atomic mass is 10.2. The average molecular weight is 235 g/mol. The van der Waals surface area contributed by atoms with Gasteiger partial charge in [-0.25, -0.2) is 0 Å². The quantitative estimate of drug-likeness (QED) is 0.344. The number of nitrogens with zero attached hydrogens (tertiary/aromatic N) is 2. The third-order valence-corrected chi connectivity index (χ3v) is 2.77. The van der Waals surface area contributed by atoms with Gasteiger partial charge in [0, 0.05) is 25.2 Å². The summed E-state index contributed by atoms with van der Waals surface area (Å²) in [7, 11) is 0. The molecule has 0 amide bonds. The van der Waals surface area contributed by atoms with Crippen LogP contribution in [0.25, 0.3) is 0 Å². The molecule has 1 aromatic rings. The first-order chi connectivity index (χ1) is 8.17. The molecule has 4 heteroatoms. The summed E-state index contributed by atoms with van der Waals surface area (Å²) in [5, 5.41) is 11.4. The van der Waals surface area contributed by atoms with Gasteiger partial charge in [0.25, 0.3) is 0 Å². The lowest BCUT2D eigenvalue weighted by Crippen LogP contribution is -2.25. The molecule has 0 fully saturated rings. The highest BCUT2D eigenvalue weighted by Crippen LogP contribution is 2.15. The standard InChI is InChI=1S/C13H21N3O/c1-3-16(10-4-5-13(14)15-17)12-8-6-11(2)7-9-12/h6-9,17H,3-5,10H2,1-2H3,(H2,14,15). The van der Waals surface area contributed by atoms with E-state index in [-0.39, 0.29) is 0 Å². The smallest absolute Gasteiger partial charge is 0.139 e. The molecular weight excluding hydrogens is 214 g/mol. The molecule has 0 heterocycles. The summed E-state index contributed by atoms with van der Waals surface area (Å²) in [5.41, 5.74) is 7.93. The first kappa shape index (κ1) is 13.4. The second-order valence-corrected chi connectivity index (χ2v) is 4.11. The third kappa shape index (κ3) is 4.34. The van der Waals surface area contributed by atoms with Gasteiger partial charge < -0.3 is 15.8 Å². The molecule has 1 aromatic carbocycles. The zero-order valence-corrected chi connectivity index (χ0v) is 10.6. The van der Waals surface area contributed by atoms with Gasteiger partial charge in [0.1, 0.15) is 5.84 Å². The van der Waals surface area contributed by atoms with Crippen LogP contribution in [0.5, 0.6) is 0 Å². The minimum absolute atomic E-state index is 0.296. The van der Waals surface area contributed by atoms with Crippen molar-refractivity contribution in [2.75, 3.05) is 18.0 Å². The van der Waals surface area contributed by atoms with E-state index in [0.29, 0.717) is 12.3 Å². The van der Waals surface area contributed by atoms with Crippen LogP contribution >= 0.6 is 0 Å². The van der Waals surface area contributed by atoms with Gasteiger partial charge in [-0.3, -0.25) is 0 Å². The van der Waals surface area contributed by atoms with Gasteiger partial charge >= 0.3 is 0 Å².